The number of hydrazine groups is 1. The van der Waals surface area contributed by atoms with Gasteiger partial charge in [-0.15, -0.1) is 22.7 Å². The summed E-state index contributed by atoms with van der Waals surface area (Å²) in [6, 6.07) is 2.10. The van der Waals surface area contributed by atoms with Crippen LogP contribution >= 0.6 is 34.3 Å². The van der Waals surface area contributed by atoms with Crippen molar-refractivity contribution in [3.8, 4) is 0 Å². The Hall–Kier alpha value is -0.390. The number of nitrogens with two attached hydrogens (primary N) is 1. The van der Waals surface area contributed by atoms with Crippen LogP contribution in [0.5, 0.6) is 0 Å². The van der Waals surface area contributed by atoms with Gasteiger partial charge in [0.05, 0.1) is 11.1 Å². The molecular weight excluding hydrogens is 260 g/mol. The zero-order chi connectivity index (χ0) is 11.7. The molecule has 0 radical (unpaired) electrons. The molecule has 0 bridgehead atoms. The van der Waals surface area contributed by atoms with Gasteiger partial charge >= 0.3 is 0 Å². The van der Waals surface area contributed by atoms with Gasteiger partial charge in [-0.1, -0.05) is 11.6 Å². The standard InChI is InChI=1S/C11H13ClN2S2/c1-6-3-4-15-10(6)9(14-13)11-8(12)7(2)5-16-11/h3-5,9,14H,13H2,1-2H3. The molecule has 0 amide bonds. The van der Waals surface area contributed by atoms with Crippen molar-refractivity contribution in [1.82, 2.24) is 5.43 Å². The minimum absolute atomic E-state index is 0.00574. The van der Waals surface area contributed by atoms with Crippen LogP contribution in [0.2, 0.25) is 5.02 Å². The van der Waals surface area contributed by atoms with Crippen molar-refractivity contribution in [2.75, 3.05) is 0 Å². The van der Waals surface area contributed by atoms with Crippen LogP contribution in [0.4, 0.5) is 0 Å². The Balaban J connectivity index is 2.45. The highest BCUT2D eigenvalue weighted by Crippen LogP contribution is 2.37. The predicted molar refractivity (Wildman–Crippen MR) is 72.3 cm³/mol. The molecule has 2 nitrogen and oxygen atoms in total. The van der Waals surface area contributed by atoms with Crippen molar-refractivity contribution in [3.05, 3.63) is 42.7 Å². The number of halogens is 1. The van der Waals surface area contributed by atoms with Gasteiger partial charge in [0.1, 0.15) is 0 Å². The second-order valence-corrected chi connectivity index (χ2v) is 5.90. The third-order valence-corrected chi connectivity index (χ3v) is 5.38. The van der Waals surface area contributed by atoms with Crippen LogP contribution in [0.25, 0.3) is 0 Å². The Morgan fingerprint density at radius 2 is 2.00 bits per heavy atom. The lowest BCUT2D eigenvalue weighted by Crippen LogP contribution is -2.28. The highest BCUT2D eigenvalue weighted by Gasteiger charge is 2.21. The van der Waals surface area contributed by atoms with E-state index in [1.165, 1.54) is 10.4 Å². The van der Waals surface area contributed by atoms with E-state index in [9.17, 15) is 0 Å². The van der Waals surface area contributed by atoms with E-state index in [1.54, 1.807) is 22.7 Å². The SMILES string of the molecule is Cc1ccsc1C(NN)c1scc(C)c1Cl. The Labute approximate surface area is 108 Å². The van der Waals surface area contributed by atoms with Gasteiger partial charge in [0, 0.05) is 9.75 Å². The first-order chi connectivity index (χ1) is 7.65. The molecule has 2 aromatic rings. The lowest BCUT2D eigenvalue weighted by atomic mass is 10.1. The molecule has 0 aliphatic heterocycles. The van der Waals surface area contributed by atoms with Crippen molar-refractivity contribution in [3.63, 3.8) is 0 Å². The summed E-state index contributed by atoms with van der Waals surface area (Å²) in [6.45, 7) is 4.10. The average molecular weight is 273 g/mol. The lowest BCUT2D eigenvalue weighted by molar-refractivity contribution is 0.653. The van der Waals surface area contributed by atoms with Crippen molar-refractivity contribution in [2.45, 2.75) is 19.9 Å². The zero-order valence-corrected chi connectivity index (χ0v) is 11.5. The summed E-state index contributed by atoms with van der Waals surface area (Å²) in [5.41, 5.74) is 5.21. The lowest BCUT2D eigenvalue weighted by Gasteiger charge is -2.14. The van der Waals surface area contributed by atoms with Gasteiger partial charge in [-0.05, 0) is 41.8 Å². The normalized spacial score (nSPS) is 13.0. The molecule has 0 saturated heterocycles. The molecule has 1 unspecified atom stereocenters. The molecule has 5 heteroatoms. The zero-order valence-electron chi connectivity index (χ0n) is 9.08. The van der Waals surface area contributed by atoms with Gasteiger partial charge in [0.25, 0.3) is 0 Å². The Morgan fingerprint density at radius 3 is 2.44 bits per heavy atom. The van der Waals surface area contributed by atoms with Crippen LogP contribution in [0.1, 0.15) is 26.9 Å². The largest absolute Gasteiger partial charge is 0.271 e. The minimum Gasteiger partial charge on any atom is -0.271 e. The highest BCUT2D eigenvalue weighted by molar-refractivity contribution is 7.12. The van der Waals surface area contributed by atoms with Crippen LogP contribution in [0, 0.1) is 13.8 Å². The van der Waals surface area contributed by atoms with Crippen molar-refractivity contribution in [2.24, 2.45) is 5.84 Å². The number of thiophene rings is 2. The molecule has 0 spiro atoms. The summed E-state index contributed by atoms with van der Waals surface area (Å²) in [6.07, 6.45) is 0. The fourth-order valence-corrected chi connectivity index (χ4v) is 4.03. The summed E-state index contributed by atoms with van der Waals surface area (Å²) in [5, 5.41) is 4.95. The van der Waals surface area contributed by atoms with Crippen LogP contribution in [0.3, 0.4) is 0 Å². The predicted octanol–water partition coefficient (Wildman–Crippen LogP) is 3.63. The van der Waals surface area contributed by atoms with E-state index in [0.717, 1.165) is 15.5 Å². The number of aryl methyl sites for hydroxylation is 2. The van der Waals surface area contributed by atoms with Crippen LogP contribution in [-0.2, 0) is 0 Å². The molecule has 86 valence electrons. The first-order valence-electron chi connectivity index (χ1n) is 4.88. The second-order valence-electron chi connectivity index (χ2n) is 3.66. The topological polar surface area (TPSA) is 38.0 Å². The van der Waals surface area contributed by atoms with E-state index in [4.69, 9.17) is 17.4 Å². The first kappa shape index (κ1) is 12.1. The molecule has 0 aromatic carbocycles. The molecule has 0 saturated carbocycles. The average Bonchev–Trinajstić information content (AvgIpc) is 2.81. The number of hydrogen-bond donors (Lipinski definition) is 2. The highest BCUT2D eigenvalue weighted by atomic mass is 35.5. The second kappa shape index (κ2) is 4.85. The van der Waals surface area contributed by atoms with E-state index in [0.29, 0.717) is 0 Å². The van der Waals surface area contributed by atoms with Crippen molar-refractivity contribution >= 4 is 34.3 Å². The van der Waals surface area contributed by atoms with E-state index in [-0.39, 0.29) is 6.04 Å². The molecule has 2 heterocycles. The van der Waals surface area contributed by atoms with E-state index in [2.05, 4.69) is 29.2 Å². The summed E-state index contributed by atoms with van der Waals surface area (Å²) < 4.78 is 0. The van der Waals surface area contributed by atoms with Crippen molar-refractivity contribution < 1.29 is 0 Å². The summed E-state index contributed by atoms with van der Waals surface area (Å²) in [4.78, 5) is 2.32. The Morgan fingerprint density at radius 1 is 1.25 bits per heavy atom. The molecule has 16 heavy (non-hydrogen) atoms. The maximum absolute atomic E-state index is 6.27. The monoisotopic (exact) mass is 272 g/mol. The van der Waals surface area contributed by atoms with E-state index >= 15 is 0 Å². The Bertz CT molecular complexity index is 490. The van der Waals surface area contributed by atoms with Crippen LogP contribution in [0.15, 0.2) is 16.8 Å². The van der Waals surface area contributed by atoms with Gasteiger partial charge < -0.3 is 0 Å². The Kier molecular flexibility index (Phi) is 3.66. The quantitative estimate of drug-likeness (QED) is 0.661. The van der Waals surface area contributed by atoms with E-state index < -0.39 is 0 Å². The van der Waals surface area contributed by atoms with E-state index in [1.807, 2.05) is 6.92 Å². The third kappa shape index (κ3) is 2.04. The number of nitrogens with one attached hydrogen (secondary N) is 1. The molecular formula is C11H13ClN2S2. The summed E-state index contributed by atoms with van der Waals surface area (Å²) in [5.74, 6) is 5.65. The van der Waals surface area contributed by atoms with Crippen molar-refractivity contribution in [1.29, 1.82) is 0 Å². The minimum atomic E-state index is 0.00574. The molecule has 3 N–H and O–H groups in total. The van der Waals surface area contributed by atoms with Crippen LogP contribution < -0.4 is 11.3 Å². The number of hydrogen-bond acceptors (Lipinski definition) is 4. The summed E-state index contributed by atoms with van der Waals surface area (Å²) >= 11 is 9.62. The fraction of sp³-hybridized carbons (Fsp3) is 0.273. The summed E-state index contributed by atoms with van der Waals surface area (Å²) in [7, 11) is 0. The molecule has 2 rings (SSSR count). The van der Waals surface area contributed by atoms with Gasteiger partial charge in [0.2, 0.25) is 0 Å². The first-order valence-corrected chi connectivity index (χ1v) is 7.02. The molecule has 1 atom stereocenters. The maximum Gasteiger partial charge on any atom is 0.0912 e. The fourth-order valence-electron chi connectivity index (χ4n) is 1.60. The van der Waals surface area contributed by atoms with Gasteiger partial charge in [-0.2, -0.15) is 0 Å². The van der Waals surface area contributed by atoms with Gasteiger partial charge in [-0.25, -0.2) is 5.43 Å². The number of rotatable bonds is 3. The smallest absolute Gasteiger partial charge is 0.0912 e. The molecule has 0 fully saturated rings. The molecule has 0 aliphatic rings. The van der Waals surface area contributed by atoms with Gasteiger partial charge in [0.15, 0.2) is 0 Å². The molecule has 2 aromatic heterocycles. The third-order valence-electron chi connectivity index (χ3n) is 2.52. The van der Waals surface area contributed by atoms with Gasteiger partial charge in [-0.3, -0.25) is 5.84 Å². The maximum atomic E-state index is 6.27. The molecule has 0 aliphatic carbocycles. The van der Waals surface area contributed by atoms with Crippen LogP contribution in [-0.4, -0.2) is 0 Å².